The third-order valence-corrected chi connectivity index (χ3v) is 11.2. The largest absolute Gasteiger partial charge is 0.247 e. The minimum absolute atomic E-state index is 0.640. The summed E-state index contributed by atoms with van der Waals surface area (Å²) in [6.07, 6.45) is 0. The van der Waals surface area contributed by atoms with Crippen molar-refractivity contribution in [2.24, 2.45) is 0 Å². The van der Waals surface area contributed by atoms with Gasteiger partial charge in [-0.05, 0) is 28.3 Å². The lowest BCUT2D eigenvalue weighted by molar-refractivity contribution is 1.07. The minimum Gasteiger partial charge on any atom is -0.247 e. The van der Waals surface area contributed by atoms with E-state index in [-0.39, 0.29) is 0 Å². The van der Waals surface area contributed by atoms with Crippen molar-refractivity contribution >= 4 is 32.3 Å². The second-order valence-corrected chi connectivity index (χ2v) is 14.4. The molecule has 0 saturated heterocycles. The molecule has 258 valence electrons. The van der Waals surface area contributed by atoms with Crippen molar-refractivity contribution in [3.63, 3.8) is 0 Å². The van der Waals surface area contributed by atoms with Gasteiger partial charge >= 0.3 is 0 Å². The van der Waals surface area contributed by atoms with Gasteiger partial charge in [-0.1, -0.05) is 188 Å². The van der Waals surface area contributed by atoms with Crippen LogP contribution in [0.1, 0.15) is 0 Å². The van der Waals surface area contributed by atoms with Crippen LogP contribution in [0.25, 0.3) is 99.1 Å². The smallest absolute Gasteiger partial charge is 0.164 e. The van der Waals surface area contributed by atoms with Gasteiger partial charge in [-0.25, -0.2) is 19.9 Å². The molecule has 0 N–H and O–H groups in total. The zero-order valence-corrected chi connectivity index (χ0v) is 30.5. The Morgan fingerprint density at radius 3 is 1.24 bits per heavy atom. The van der Waals surface area contributed by atoms with Gasteiger partial charge in [0.1, 0.15) is 0 Å². The molecule has 0 aliphatic heterocycles. The van der Waals surface area contributed by atoms with Gasteiger partial charge in [-0.2, -0.15) is 0 Å². The zero-order valence-electron chi connectivity index (χ0n) is 29.7. The molecule has 0 fully saturated rings. The Labute approximate surface area is 323 Å². The number of thiophene rings is 1. The number of nitrogens with zero attached hydrogens (tertiary/aromatic N) is 4. The standard InChI is InChI=1S/C50H32N4S/c1-5-15-35(16-6-1)43-44-45(51-42-24-14-13-23-41(42)47(44)55-46(43)37-17-7-2-8-18-37)36-29-25-33(26-30-36)34-27-31-40(32-28-34)50-53-48(38-19-9-3-10-20-38)52-49(54-50)39-21-11-4-12-22-39/h1-32H. The molecule has 0 amide bonds. The van der Waals surface area contributed by atoms with E-state index in [1.54, 1.807) is 0 Å². The van der Waals surface area contributed by atoms with Crippen LogP contribution in [0.5, 0.6) is 0 Å². The summed E-state index contributed by atoms with van der Waals surface area (Å²) < 4.78 is 1.25. The van der Waals surface area contributed by atoms with Crippen LogP contribution in [-0.4, -0.2) is 19.9 Å². The number of rotatable bonds is 7. The Balaban J connectivity index is 1.05. The van der Waals surface area contributed by atoms with Crippen molar-refractivity contribution < 1.29 is 0 Å². The van der Waals surface area contributed by atoms with Gasteiger partial charge in [0.05, 0.1) is 11.2 Å². The Hall–Kier alpha value is -7.08. The monoisotopic (exact) mass is 720 g/mol. The molecule has 5 heteroatoms. The fraction of sp³-hybridized carbons (Fsp3) is 0. The number of benzene rings is 7. The van der Waals surface area contributed by atoms with E-state index in [4.69, 9.17) is 19.9 Å². The van der Waals surface area contributed by atoms with E-state index in [0.29, 0.717) is 17.5 Å². The molecule has 0 unspecified atom stereocenters. The molecular weight excluding hydrogens is 689 g/mol. The molecule has 4 nitrogen and oxygen atoms in total. The summed E-state index contributed by atoms with van der Waals surface area (Å²) in [4.78, 5) is 21.3. The number of aromatic nitrogens is 4. The van der Waals surface area contributed by atoms with E-state index < -0.39 is 0 Å². The predicted octanol–water partition coefficient (Wildman–Crippen LogP) is 13.3. The van der Waals surface area contributed by atoms with Gasteiger partial charge < -0.3 is 0 Å². The first-order chi connectivity index (χ1) is 27.3. The lowest BCUT2D eigenvalue weighted by Crippen LogP contribution is -2.00. The quantitative estimate of drug-likeness (QED) is 0.164. The molecule has 10 rings (SSSR count). The average molecular weight is 721 g/mol. The molecule has 0 aliphatic carbocycles. The van der Waals surface area contributed by atoms with Crippen LogP contribution in [0, 0.1) is 0 Å². The second kappa shape index (κ2) is 14.0. The number of hydrogen-bond donors (Lipinski definition) is 0. The van der Waals surface area contributed by atoms with Gasteiger partial charge in [0, 0.05) is 48.2 Å². The fourth-order valence-corrected chi connectivity index (χ4v) is 8.60. The van der Waals surface area contributed by atoms with Crippen LogP contribution < -0.4 is 0 Å². The summed E-state index contributed by atoms with van der Waals surface area (Å²) in [5.74, 6) is 1.94. The van der Waals surface area contributed by atoms with Crippen LogP contribution >= 0.6 is 11.3 Å². The van der Waals surface area contributed by atoms with Crippen molar-refractivity contribution in [1.29, 1.82) is 0 Å². The Bertz CT molecular complexity index is 2870. The molecule has 55 heavy (non-hydrogen) atoms. The lowest BCUT2D eigenvalue weighted by atomic mass is 9.94. The first-order valence-electron chi connectivity index (χ1n) is 18.3. The molecule has 0 bridgehead atoms. The molecule has 3 heterocycles. The maximum atomic E-state index is 5.36. The summed E-state index contributed by atoms with van der Waals surface area (Å²) in [7, 11) is 0. The third kappa shape index (κ3) is 6.17. The van der Waals surface area contributed by atoms with E-state index in [0.717, 1.165) is 44.6 Å². The molecule has 7 aromatic carbocycles. The van der Waals surface area contributed by atoms with E-state index in [2.05, 4.69) is 133 Å². The van der Waals surface area contributed by atoms with E-state index in [1.165, 1.54) is 37.0 Å². The molecule has 0 atom stereocenters. The number of fused-ring (bicyclic) bond motifs is 3. The maximum absolute atomic E-state index is 5.36. The van der Waals surface area contributed by atoms with Crippen LogP contribution in [0.3, 0.4) is 0 Å². The normalized spacial score (nSPS) is 11.3. The SMILES string of the molecule is c1ccc(-c2nc(-c3ccccc3)nc(-c3ccc(-c4ccc(-c5nc6ccccc6c6sc(-c7ccccc7)c(-c7ccccc7)c56)cc4)cc3)n2)cc1. The van der Waals surface area contributed by atoms with Crippen LogP contribution in [0.15, 0.2) is 194 Å². The highest BCUT2D eigenvalue weighted by Crippen LogP contribution is 2.50. The van der Waals surface area contributed by atoms with Gasteiger partial charge in [0.25, 0.3) is 0 Å². The van der Waals surface area contributed by atoms with Crippen molar-refractivity contribution in [3.8, 4) is 78.1 Å². The molecule has 0 saturated carbocycles. The van der Waals surface area contributed by atoms with Gasteiger partial charge in [0.15, 0.2) is 17.5 Å². The Kier molecular flexibility index (Phi) is 8.32. The number of pyridine rings is 1. The van der Waals surface area contributed by atoms with E-state index >= 15 is 0 Å². The molecule has 0 radical (unpaired) electrons. The maximum Gasteiger partial charge on any atom is 0.164 e. The van der Waals surface area contributed by atoms with Gasteiger partial charge in [-0.15, -0.1) is 11.3 Å². The average Bonchev–Trinajstić information content (AvgIpc) is 3.69. The summed E-state index contributed by atoms with van der Waals surface area (Å²) >= 11 is 1.85. The van der Waals surface area contributed by atoms with E-state index in [9.17, 15) is 0 Å². The molecule has 3 aromatic heterocycles. The molecule has 0 spiro atoms. The number of hydrogen-bond acceptors (Lipinski definition) is 5. The molecule has 0 aliphatic rings. The highest BCUT2D eigenvalue weighted by atomic mass is 32.1. The predicted molar refractivity (Wildman–Crippen MR) is 229 cm³/mol. The highest BCUT2D eigenvalue weighted by Gasteiger charge is 2.22. The summed E-state index contributed by atoms with van der Waals surface area (Å²) in [5.41, 5.74) is 11.8. The first kappa shape index (κ1) is 32.6. The molecule has 10 aromatic rings. The van der Waals surface area contributed by atoms with Crippen molar-refractivity contribution in [3.05, 3.63) is 194 Å². The Morgan fingerprint density at radius 1 is 0.309 bits per heavy atom. The highest BCUT2D eigenvalue weighted by molar-refractivity contribution is 7.24. The van der Waals surface area contributed by atoms with Crippen molar-refractivity contribution in [2.45, 2.75) is 0 Å². The third-order valence-electron chi connectivity index (χ3n) is 9.96. The lowest BCUT2D eigenvalue weighted by Gasteiger charge is -2.12. The van der Waals surface area contributed by atoms with Crippen LogP contribution in [0.4, 0.5) is 0 Å². The minimum atomic E-state index is 0.640. The van der Waals surface area contributed by atoms with Crippen molar-refractivity contribution in [2.75, 3.05) is 0 Å². The van der Waals surface area contributed by atoms with Gasteiger partial charge in [0.2, 0.25) is 0 Å². The van der Waals surface area contributed by atoms with Gasteiger partial charge in [-0.3, -0.25) is 0 Å². The zero-order chi connectivity index (χ0) is 36.6. The van der Waals surface area contributed by atoms with Crippen LogP contribution in [-0.2, 0) is 0 Å². The Morgan fingerprint density at radius 2 is 0.709 bits per heavy atom. The second-order valence-electron chi connectivity index (χ2n) is 13.4. The fourth-order valence-electron chi connectivity index (χ4n) is 7.24. The number of para-hydroxylation sites is 1. The van der Waals surface area contributed by atoms with Crippen LogP contribution in [0.2, 0.25) is 0 Å². The summed E-state index contributed by atoms with van der Waals surface area (Å²) in [6.45, 7) is 0. The van der Waals surface area contributed by atoms with E-state index in [1.807, 2.05) is 72.0 Å². The summed E-state index contributed by atoms with van der Waals surface area (Å²) in [6, 6.07) is 67.4. The molecular formula is C50H32N4S. The van der Waals surface area contributed by atoms with Crippen molar-refractivity contribution in [1.82, 2.24) is 19.9 Å². The first-order valence-corrected chi connectivity index (χ1v) is 19.1. The topological polar surface area (TPSA) is 51.6 Å². The summed E-state index contributed by atoms with van der Waals surface area (Å²) in [5, 5.41) is 2.36.